The molecule has 0 heterocycles. The van der Waals surface area contributed by atoms with Crippen molar-refractivity contribution in [3.8, 4) is 0 Å². The fourth-order valence-corrected chi connectivity index (χ4v) is 4.09. The number of ether oxygens (including phenoxy) is 1. The van der Waals surface area contributed by atoms with Gasteiger partial charge in [0.1, 0.15) is 0 Å². The van der Waals surface area contributed by atoms with Gasteiger partial charge in [-0.15, -0.1) is 0 Å². The van der Waals surface area contributed by atoms with E-state index in [2.05, 4.69) is 66.3 Å². The van der Waals surface area contributed by atoms with Crippen molar-refractivity contribution in [3.05, 3.63) is 71.8 Å². The van der Waals surface area contributed by atoms with Crippen LogP contribution in [0.4, 0.5) is 0 Å². The SMILES string of the molecule is CCCCCC(O)/C=C/[C@H]1C(C/C=C\CCCC(=O)OC)=CCC1c1ccccc1. The molecule has 0 aromatic heterocycles. The van der Waals surface area contributed by atoms with E-state index in [4.69, 9.17) is 0 Å². The number of carbonyl (C=O) groups is 1. The highest BCUT2D eigenvalue weighted by atomic mass is 16.5. The molecule has 0 saturated heterocycles. The summed E-state index contributed by atoms with van der Waals surface area (Å²) in [6.45, 7) is 2.19. The lowest BCUT2D eigenvalue weighted by Gasteiger charge is -2.21. The van der Waals surface area contributed by atoms with Crippen molar-refractivity contribution >= 4 is 5.97 Å². The lowest BCUT2D eigenvalue weighted by atomic mass is 9.84. The van der Waals surface area contributed by atoms with Crippen molar-refractivity contribution in [3.63, 3.8) is 0 Å². The maximum Gasteiger partial charge on any atom is 0.305 e. The molecule has 3 heteroatoms. The van der Waals surface area contributed by atoms with Gasteiger partial charge < -0.3 is 9.84 Å². The minimum atomic E-state index is -0.358. The molecule has 1 N–H and O–H groups in total. The second-order valence-corrected chi connectivity index (χ2v) is 8.15. The third-order valence-corrected chi connectivity index (χ3v) is 5.87. The van der Waals surface area contributed by atoms with Crippen molar-refractivity contribution in [1.82, 2.24) is 0 Å². The smallest absolute Gasteiger partial charge is 0.305 e. The Balaban J connectivity index is 1.96. The normalized spacial score (nSPS) is 20.0. The first-order valence-corrected chi connectivity index (χ1v) is 11.5. The van der Waals surface area contributed by atoms with Gasteiger partial charge in [0.15, 0.2) is 0 Å². The van der Waals surface area contributed by atoms with Crippen LogP contribution in [0.5, 0.6) is 0 Å². The molecular weight excluding hydrogens is 372 g/mol. The number of aliphatic hydroxyl groups excluding tert-OH is 1. The van der Waals surface area contributed by atoms with Gasteiger partial charge in [-0.25, -0.2) is 0 Å². The first kappa shape index (κ1) is 24.1. The monoisotopic (exact) mass is 410 g/mol. The van der Waals surface area contributed by atoms with Crippen LogP contribution in [-0.4, -0.2) is 24.3 Å². The predicted octanol–water partition coefficient (Wildman–Crippen LogP) is 6.50. The van der Waals surface area contributed by atoms with Gasteiger partial charge in [-0.2, -0.15) is 0 Å². The third-order valence-electron chi connectivity index (χ3n) is 5.87. The topological polar surface area (TPSA) is 46.5 Å². The lowest BCUT2D eigenvalue weighted by molar-refractivity contribution is -0.140. The molecule has 0 amide bonds. The molecule has 1 aliphatic rings. The first-order valence-electron chi connectivity index (χ1n) is 11.5. The standard InChI is InChI=1S/C27H38O3/c1-3-4-8-16-24(28)19-21-26-23(15-9-5-6-12-17-27(29)30-2)18-20-25(26)22-13-10-7-11-14-22/h5,7,9-11,13-14,18-19,21,24-26,28H,3-4,6,8,12,15-17,20H2,1-2H3/b9-5-,21-19+/t24?,25?,26-/m0/s1. The summed E-state index contributed by atoms with van der Waals surface area (Å²) in [5, 5.41) is 10.4. The van der Waals surface area contributed by atoms with Crippen LogP contribution in [0.25, 0.3) is 0 Å². The van der Waals surface area contributed by atoms with Crippen molar-refractivity contribution in [1.29, 1.82) is 0 Å². The number of esters is 1. The van der Waals surface area contributed by atoms with Gasteiger partial charge in [-0.3, -0.25) is 4.79 Å². The number of allylic oxidation sites excluding steroid dienone is 5. The highest BCUT2D eigenvalue weighted by Gasteiger charge is 2.28. The molecule has 0 radical (unpaired) electrons. The minimum absolute atomic E-state index is 0.143. The summed E-state index contributed by atoms with van der Waals surface area (Å²) < 4.78 is 4.68. The van der Waals surface area contributed by atoms with Crippen LogP contribution in [0.1, 0.15) is 76.2 Å². The van der Waals surface area contributed by atoms with Crippen LogP contribution < -0.4 is 0 Å². The molecule has 2 unspecified atom stereocenters. The fraction of sp³-hybridized carbons (Fsp3) is 0.519. The van der Waals surface area contributed by atoms with Gasteiger partial charge in [-0.1, -0.05) is 92.5 Å². The molecule has 3 atom stereocenters. The number of benzene rings is 1. The maximum atomic E-state index is 11.2. The van der Waals surface area contributed by atoms with E-state index in [1.54, 1.807) is 0 Å². The van der Waals surface area contributed by atoms with E-state index in [1.165, 1.54) is 31.1 Å². The van der Waals surface area contributed by atoms with Crippen molar-refractivity contribution < 1.29 is 14.6 Å². The molecule has 3 nitrogen and oxygen atoms in total. The highest BCUT2D eigenvalue weighted by molar-refractivity contribution is 5.69. The maximum absolute atomic E-state index is 11.2. The van der Waals surface area contributed by atoms with Crippen LogP contribution in [0, 0.1) is 5.92 Å². The Kier molecular flexibility index (Phi) is 11.2. The number of aliphatic hydroxyl groups is 1. The first-order chi connectivity index (χ1) is 14.7. The average Bonchev–Trinajstić information content (AvgIpc) is 3.18. The Morgan fingerprint density at radius 1 is 1.20 bits per heavy atom. The number of carbonyl (C=O) groups excluding carboxylic acids is 1. The van der Waals surface area contributed by atoms with E-state index in [1.807, 2.05) is 6.08 Å². The third kappa shape index (κ3) is 8.31. The summed E-state index contributed by atoms with van der Waals surface area (Å²) in [5.41, 5.74) is 2.78. The van der Waals surface area contributed by atoms with Gasteiger partial charge >= 0.3 is 5.97 Å². The Morgan fingerprint density at radius 3 is 2.73 bits per heavy atom. The van der Waals surface area contributed by atoms with Crippen LogP contribution in [0.15, 0.2) is 66.3 Å². The van der Waals surface area contributed by atoms with Gasteiger partial charge in [0.2, 0.25) is 0 Å². The van der Waals surface area contributed by atoms with Gasteiger partial charge in [0, 0.05) is 12.3 Å². The van der Waals surface area contributed by atoms with E-state index >= 15 is 0 Å². The zero-order valence-corrected chi connectivity index (χ0v) is 18.6. The zero-order valence-electron chi connectivity index (χ0n) is 18.6. The molecular formula is C27H38O3. The summed E-state index contributed by atoms with van der Waals surface area (Å²) in [4.78, 5) is 11.2. The largest absolute Gasteiger partial charge is 0.469 e. The summed E-state index contributed by atoms with van der Waals surface area (Å²) in [6.07, 6.45) is 19.0. The fourth-order valence-electron chi connectivity index (χ4n) is 4.09. The van der Waals surface area contributed by atoms with Gasteiger partial charge in [0.25, 0.3) is 0 Å². The van der Waals surface area contributed by atoms with Crippen LogP contribution in [-0.2, 0) is 9.53 Å². The molecule has 0 aliphatic heterocycles. The molecule has 0 fully saturated rings. The summed E-state index contributed by atoms with van der Waals surface area (Å²) in [6, 6.07) is 10.7. The average molecular weight is 411 g/mol. The van der Waals surface area contributed by atoms with Crippen molar-refractivity contribution in [2.75, 3.05) is 7.11 Å². The molecule has 1 aromatic rings. The highest BCUT2D eigenvalue weighted by Crippen LogP contribution is 2.42. The van der Waals surface area contributed by atoms with Crippen LogP contribution in [0.2, 0.25) is 0 Å². The second-order valence-electron chi connectivity index (χ2n) is 8.15. The quantitative estimate of drug-likeness (QED) is 0.229. The van der Waals surface area contributed by atoms with E-state index in [9.17, 15) is 9.90 Å². The Morgan fingerprint density at radius 2 is 2.00 bits per heavy atom. The van der Waals surface area contributed by atoms with Gasteiger partial charge in [0.05, 0.1) is 13.2 Å². The van der Waals surface area contributed by atoms with Crippen molar-refractivity contribution in [2.45, 2.75) is 76.7 Å². The van der Waals surface area contributed by atoms with Crippen LogP contribution >= 0.6 is 0 Å². The number of methoxy groups -OCH3 is 1. The van der Waals surface area contributed by atoms with Crippen molar-refractivity contribution in [2.24, 2.45) is 5.92 Å². The van der Waals surface area contributed by atoms with E-state index in [0.717, 1.165) is 38.5 Å². The Bertz CT molecular complexity index is 702. The molecule has 0 spiro atoms. The number of unbranched alkanes of at least 4 members (excludes halogenated alkanes) is 3. The molecule has 164 valence electrons. The molecule has 1 aromatic carbocycles. The second kappa shape index (κ2) is 14.0. The summed E-state index contributed by atoms with van der Waals surface area (Å²) in [7, 11) is 1.43. The number of rotatable bonds is 13. The lowest BCUT2D eigenvalue weighted by Crippen LogP contribution is -2.10. The summed E-state index contributed by atoms with van der Waals surface area (Å²) >= 11 is 0. The Hall–Kier alpha value is -2.13. The van der Waals surface area contributed by atoms with Gasteiger partial charge in [-0.05, 0) is 43.6 Å². The minimum Gasteiger partial charge on any atom is -0.469 e. The van der Waals surface area contributed by atoms with E-state index in [0.29, 0.717) is 18.3 Å². The molecule has 30 heavy (non-hydrogen) atoms. The molecule has 1 aliphatic carbocycles. The molecule has 0 saturated carbocycles. The zero-order chi connectivity index (χ0) is 21.6. The van der Waals surface area contributed by atoms with E-state index < -0.39 is 0 Å². The molecule has 2 rings (SSSR count). The number of hydrogen-bond acceptors (Lipinski definition) is 3. The predicted molar refractivity (Wildman–Crippen MR) is 124 cm³/mol. The van der Waals surface area contributed by atoms with Crippen LogP contribution in [0.3, 0.4) is 0 Å². The number of hydrogen-bond donors (Lipinski definition) is 1. The van der Waals surface area contributed by atoms with E-state index in [-0.39, 0.29) is 12.1 Å². The summed E-state index contributed by atoms with van der Waals surface area (Å²) in [5.74, 6) is 0.622. The molecule has 0 bridgehead atoms. The Labute approximate surface area is 182 Å².